The number of fused-ring (bicyclic) bond motifs is 4. The molecule has 0 saturated carbocycles. The lowest BCUT2D eigenvalue weighted by molar-refractivity contribution is 0.652. The van der Waals surface area contributed by atoms with Gasteiger partial charge in [0, 0.05) is 34.0 Å². The molecule has 0 atom stereocenters. The van der Waals surface area contributed by atoms with Crippen LogP contribution in [-0.2, 0) is 0 Å². The van der Waals surface area contributed by atoms with Gasteiger partial charge in [0.2, 0.25) is 5.71 Å². The maximum Gasteiger partial charge on any atom is 0.229 e. The first kappa shape index (κ1) is 30.5. The molecule has 6 nitrogen and oxygen atoms in total. The monoisotopic (exact) mass is 679 g/mol. The van der Waals surface area contributed by atoms with Gasteiger partial charge in [-0.05, 0) is 45.7 Å². The molecule has 6 heteroatoms. The Morgan fingerprint density at radius 3 is 1.66 bits per heavy atom. The number of furan rings is 1. The summed E-state index contributed by atoms with van der Waals surface area (Å²) in [6.07, 6.45) is 3.44. The van der Waals surface area contributed by atoms with Gasteiger partial charge in [-0.15, -0.1) is 0 Å². The average molecular weight is 680 g/mol. The van der Waals surface area contributed by atoms with E-state index < -0.39 is 0 Å². The molecule has 10 aromatic rings. The van der Waals surface area contributed by atoms with E-state index in [0.717, 1.165) is 72.3 Å². The molecule has 0 amide bonds. The van der Waals surface area contributed by atoms with Crippen molar-refractivity contribution in [3.63, 3.8) is 0 Å². The van der Waals surface area contributed by atoms with Crippen LogP contribution < -0.4 is 0 Å². The number of hydrogen-bond acceptors (Lipinski definition) is 6. The summed E-state index contributed by atoms with van der Waals surface area (Å²) in [5.74, 6) is 0.681. The van der Waals surface area contributed by atoms with Gasteiger partial charge >= 0.3 is 0 Å². The summed E-state index contributed by atoms with van der Waals surface area (Å²) in [7, 11) is 0. The number of hydrogen-bond donors (Lipinski definition) is 0. The topological polar surface area (TPSA) is 77.6 Å². The van der Waals surface area contributed by atoms with Crippen LogP contribution in [0.15, 0.2) is 181 Å². The number of pyridine rings is 1. The SMILES string of the molecule is c1ccc(-c2ccc(-c3cc(-c4ccc(-c5cnc6oc7c(-c8ccc9ccccc9c8)ncnc7c6c5)cc4)nc(-c4ccccc4)n3)cc2)cc1. The van der Waals surface area contributed by atoms with Crippen LogP contribution in [0.1, 0.15) is 0 Å². The van der Waals surface area contributed by atoms with E-state index in [2.05, 4.69) is 125 Å². The Labute approximate surface area is 305 Å². The Hall–Kier alpha value is -7.31. The highest BCUT2D eigenvalue weighted by Gasteiger charge is 2.17. The molecular weight excluding hydrogens is 651 g/mol. The quantitative estimate of drug-likeness (QED) is 0.174. The maximum absolute atomic E-state index is 6.29. The van der Waals surface area contributed by atoms with Crippen molar-refractivity contribution < 1.29 is 4.42 Å². The van der Waals surface area contributed by atoms with Crippen LogP contribution in [0.5, 0.6) is 0 Å². The summed E-state index contributed by atoms with van der Waals surface area (Å²) in [6, 6.07) is 56.3. The van der Waals surface area contributed by atoms with E-state index in [1.807, 2.05) is 54.7 Å². The Bertz CT molecular complexity index is 2920. The van der Waals surface area contributed by atoms with Gasteiger partial charge in [-0.1, -0.05) is 146 Å². The lowest BCUT2D eigenvalue weighted by Gasteiger charge is -2.11. The predicted molar refractivity (Wildman–Crippen MR) is 213 cm³/mol. The molecule has 53 heavy (non-hydrogen) atoms. The van der Waals surface area contributed by atoms with Crippen molar-refractivity contribution in [2.45, 2.75) is 0 Å². The van der Waals surface area contributed by atoms with Crippen molar-refractivity contribution in [3.8, 4) is 67.4 Å². The summed E-state index contributed by atoms with van der Waals surface area (Å²) >= 11 is 0. The minimum atomic E-state index is 0.529. The van der Waals surface area contributed by atoms with Crippen molar-refractivity contribution in [1.29, 1.82) is 0 Å². The van der Waals surface area contributed by atoms with Crippen molar-refractivity contribution in [2.75, 3.05) is 0 Å². The normalized spacial score (nSPS) is 11.4. The first-order valence-electron chi connectivity index (χ1n) is 17.5. The van der Waals surface area contributed by atoms with E-state index in [1.54, 1.807) is 6.33 Å². The zero-order valence-corrected chi connectivity index (χ0v) is 28.4. The van der Waals surface area contributed by atoms with Crippen LogP contribution in [0.25, 0.3) is 100 Å². The predicted octanol–water partition coefficient (Wildman–Crippen LogP) is 11.7. The zero-order valence-electron chi connectivity index (χ0n) is 28.4. The molecule has 248 valence electrons. The van der Waals surface area contributed by atoms with E-state index in [0.29, 0.717) is 17.1 Å². The molecule has 4 aromatic heterocycles. The number of benzene rings is 6. The van der Waals surface area contributed by atoms with Gasteiger partial charge in [0.1, 0.15) is 17.5 Å². The zero-order chi connectivity index (χ0) is 35.1. The van der Waals surface area contributed by atoms with E-state index in [4.69, 9.17) is 19.4 Å². The van der Waals surface area contributed by atoms with Gasteiger partial charge in [-0.3, -0.25) is 0 Å². The third kappa shape index (κ3) is 5.69. The van der Waals surface area contributed by atoms with Crippen molar-refractivity contribution in [2.24, 2.45) is 0 Å². The van der Waals surface area contributed by atoms with Crippen LogP contribution in [-0.4, -0.2) is 24.9 Å². The van der Waals surface area contributed by atoms with Gasteiger partial charge in [0.15, 0.2) is 11.4 Å². The molecule has 0 spiro atoms. The lowest BCUT2D eigenvalue weighted by atomic mass is 10.0. The second-order valence-corrected chi connectivity index (χ2v) is 13.0. The summed E-state index contributed by atoms with van der Waals surface area (Å²) in [4.78, 5) is 24.0. The summed E-state index contributed by atoms with van der Waals surface area (Å²) in [5, 5.41) is 3.16. The molecule has 0 radical (unpaired) electrons. The Kier molecular flexibility index (Phi) is 7.36. The largest absolute Gasteiger partial charge is 0.434 e. The fourth-order valence-corrected chi connectivity index (χ4v) is 6.92. The first-order valence-corrected chi connectivity index (χ1v) is 17.5. The number of rotatable bonds is 6. The molecule has 0 bridgehead atoms. The third-order valence-electron chi connectivity index (χ3n) is 9.69. The van der Waals surface area contributed by atoms with Gasteiger partial charge < -0.3 is 4.42 Å². The lowest BCUT2D eigenvalue weighted by Crippen LogP contribution is -1.96. The van der Waals surface area contributed by atoms with Crippen LogP contribution in [0.2, 0.25) is 0 Å². The summed E-state index contributed by atoms with van der Waals surface area (Å²) < 4.78 is 6.29. The Balaban J connectivity index is 1.00. The van der Waals surface area contributed by atoms with Crippen LogP contribution in [0.4, 0.5) is 0 Å². The fraction of sp³-hybridized carbons (Fsp3) is 0. The Morgan fingerprint density at radius 1 is 0.396 bits per heavy atom. The maximum atomic E-state index is 6.29. The fourth-order valence-electron chi connectivity index (χ4n) is 6.92. The van der Waals surface area contributed by atoms with E-state index in [1.165, 1.54) is 10.9 Å². The first-order chi connectivity index (χ1) is 26.2. The minimum Gasteiger partial charge on any atom is -0.434 e. The van der Waals surface area contributed by atoms with Gasteiger partial charge in [0.05, 0.1) is 16.8 Å². The second-order valence-electron chi connectivity index (χ2n) is 13.0. The molecule has 0 unspecified atom stereocenters. The summed E-state index contributed by atoms with van der Waals surface area (Å²) in [5.41, 5.74) is 12.6. The average Bonchev–Trinajstić information content (AvgIpc) is 3.62. The third-order valence-corrected chi connectivity index (χ3v) is 9.69. The van der Waals surface area contributed by atoms with Gasteiger partial charge in [0.25, 0.3) is 0 Å². The van der Waals surface area contributed by atoms with Crippen LogP contribution in [0, 0.1) is 0 Å². The summed E-state index contributed by atoms with van der Waals surface area (Å²) in [6.45, 7) is 0. The highest BCUT2D eigenvalue weighted by Crippen LogP contribution is 2.36. The molecular formula is C47H29N5O. The van der Waals surface area contributed by atoms with Crippen molar-refractivity contribution in [3.05, 3.63) is 176 Å². The standard InChI is InChI=1S/C47H29N5O/c1-3-9-30(10-4-1)32-15-20-34(21-16-32)41-27-42(52-46(51-41)36-12-5-2-6-13-36)35-22-17-33(18-23-35)39-26-40-44-45(53-47(40)48-28-39)43(49-29-50-44)38-24-19-31-11-7-8-14-37(31)25-38/h1-29H. The number of aromatic nitrogens is 5. The molecule has 10 rings (SSSR count). The van der Waals surface area contributed by atoms with Gasteiger partial charge in [-0.2, -0.15) is 0 Å². The van der Waals surface area contributed by atoms with Gasteiger partial charge in [-0.25, -0.2) is 24.9 Å². The number of nitrogens with zero attached hydrogens (tertiary/aromatic N) is 5. The molecule has 0 aliphatic carbocycles. The minimum absolute atomic E-state index is 0.529. The van der Waals surface area contributed by atoms with E-state index in [-0.39, 0.29) is 0 Å². The highest BCUT2D eigenvalue weighted by molar-refractivity contribution is 6.06. The molecule has 0 N–H and O–H groups in total. The smallest absolute Gasteiger partial charge is 0.229 e. The molecule has 0 aliphatic rings. The Morgan fingerprint density at radius 2 is 0.962 bits per heavy atom. The molecule has 0 saturated heterocycles. The highest BCUT2D eigenvalue weighted by atomic mass is 16.3. The molecule has 4 heterocycles. The van der Waals surface area contributed by atoms with Crippen molar-refractivity contribution in [1.82, 2.24) is 24.9 Å². The van der Waals surface area contributed by atoms with Crippen molar-refractivity contribution >= 4 is 33.0 Å². The van der Waals surface area contributed by atoms with Crippen LogP contribution in [0.3, 0.4) is 0 Å². The second kappa shape index (κ2) is 12.8. The van der Waals surface area contributed by atoms with E-state index >= 15 is 0 Å². The van der Waals surface area contributed by atoms with Crippen LogP contribution >= 0.6 is 0 Å². The molecule has 6 aromatic carbocycles. The molecule has 0 fully saturated rings. The van der Waals surface area contributed by atoms with E-state index in [9.17, 15) is 0 Å². The molecule has 0 aliphatic heterocycles.